The van der Waals surface area contributed by atoms with Gasteiger partial charge in [0.15, 0.2) is 0 Å². The van der Waals surface area contributed by atoms with Crippen LogP contribution in [0.1, 0.15) is 17.7 Å². The zero-order valence-electron chi connectivity index (χ0n) is 9.38. The van der Waals surface area contributed by atoms with Crippen molar-refractivity contribution >= 4 is 33.2 Å². The summed E-state index contributed by atoms with van der Waals surface area (Å²) in [4.78, 5) is 12.7. The molecule has 0 aliphatic carbocycles. The van der Waals surface area contributed by atoms with Crippen LogP contribution in [0.25, 0.3) is 0 Å². The van der Waals surface area contributed by atoms with Crippen LogP contribution in [-0.2, 0) is 11.2 Å². The quantitative estimate of drug-likeness (QED) is 0.758. The molecule has 0 aliphatic heterocycles. The molecule has 1 amide bonds. The molecule has 0 unspecified atom stereocenters. The van der Waals surface area contributed by atoms with E-state index < -0.39 is 0 Å². The van der Waals surface area contributed by atoms with Crippen molar-refractivity contribution in [2.75, 3.05) is 20.1 Å². The van der Waals surface area contributed by atoms with Gasteiger partial charge < -0.3 is 10.6 Å². The molecule has 5 heteroatoms. The van der Waals surface area contributed by atoms with Gasteiger partial charge in [0.05, 0.1) is 3.79 Å². The minimum atomic E-state index is 0.144. The molecule has 1 aromatic rings. The molecule has 16 heavy (non-hydrogen) atoms. The molecule has 0 aliphatic rings. The molecule has 0 fully saturated rings. The number of amides is 1. The molecule has 1 aromatic heterocycles. The maximum Gasteiger partial charge on any atom is 0.220 e. The van der Waals surface area contributed by atoms with Crippen molar-refractivity contribution < 1.29 is 4.79 Å². The first-order valence-corrected chi connectivity index (χ1v) is 6.99. The van der Waals surface area contributed by atoms with Gasteiger partial charge in [0.25, 0.3) is 0 Å². The third-order valence-electron chi connectivity index (χ3n) is 2.15. The van der Waals surface area contributed by atoms with Gasteiger partial charge in [-0.15, -0.1) is 11.3 Å². The average molecular weight is 305 g/mol. The Morgan fingerprint density at radius 1 is 1.44 bits per heavy atom. The fraction of sp³-hybridized carbons (Fsp3) is 0.545. The molecule has 0 atom stereocenters. The lowest BCUT2D eigenvalue weighted by Gasteiger charge is -2.03. The molecule has 2 N–H and O–H groups in total. The molecule has 1 heterocycles. The number of hydrogen-bond acceptors (Lipinski definition) is 3. The van der Waals surface area contributed by atoms with E-state index >= 15 is 0 Å². The van der Waals surface area contributed by atoms with E-state index in [1.54, 1.807) is 11.3 Å². The number of carbonyl (C=O) groups is 1. The van der Waals surface area contributed by atoms with Crippen molar-refractivity contribution in [1.82, 2.24) is 10.6 Å². The lowest BCUT2D eigenvalue weighted by Crippen LogP contribution is -2.26. The Hall–Kier alpha value is -0.390. The van der Waals surface area contributed by atoms with Gasteiger partial charge in [-0.25, -0.2) is 0 Å². The molecule has 0 bridgehead atoms. The summed E-state index contributed by atoms with van der Waals surface area (Å²) in [5.41, 5.74) is 0. The van der Waals surface area contributed by atoms with E-state index in [0.29, 0.717) is 6.42 Å². The Morgan fingerprint density at radius 2 is 2.25 bits per heavy atom. The summed E-state index contributed by atoms with van der Waals surface area (Å²) in [7, 11) is 1.90. The summed E-state index contributed by atoms with van der Waals surface area (Å²) in [6, 6.07) is 4.12. The van der Waals surface area contributed by atoms with Gasteiger partial charge in [-0.05, 0) is 54.5 Å². The summed E-state index contributed by atoms with van der Waals surface area (Å²) in [5, 5.41) is 5.95. The second-order valence-electron chi connectivity index (χ2n) is 3.51. The smallest absolute Gasteiger partial charge is 0.220 e. The summed E-state index contributed by atoms with van der Waals surface area (Å²) in [6.07, 6.45) is 2.41. The van der Waals surface area contributed by atoms with Gasteiger partial charge in [0, 0.05) is 17.8 Å². The highest BCUT2D eigenvalue weighted by molar-refractivity contribution is 9.11. The SMILES string of the molecule is CNCCCC(=O)NCCc1ccc(Br)s1. The molecule has 1 rings (SSSR count). The van der Waals surface area contributed by atoms with Gasteiger partial charge in [0.1, 0.15) is 0 Å². The van der Waals surface area contributed by atoms with Crippen LogP contribution in [0.5, 0.6) is 0 Å². The number of halogens is 1. The largest absolute Gasteiger partial charge is 0.356 e. The third kappa shape index (κ3) is 5.63. The van der Waals surface area contributed by atoms with Crippen molar-refractivity contribution in [1.29, 1.82) is 0 Å². The highest BCUT2D eigenvalue weighted by Crippen LogP contribution is 2.21. The fourth-order valence-electron chi connectivity index (χ4n) is 1.33. The van der Waals surface area contributed by atoms with Crippen LogP contribution >= 0.6 is 27.3 Å². The van der Waals surface area contributed by atoms with Crippen LogP contribution in [0.3, 0.4) is 0 Å². The van der Waals surface area contributed by atoms with Crippen LogP contribution < -0.4 is 10.6 Å². The van der Waals surface area contributed by atoms with E-state index in [1.807, 2.05) is 13.1 Å². The molecule has 0 aromatic carbocycles. The molecule has 0 radical (unpaired) electrons. The first kappa shape index (κ1) is 13.7. The number of carbonyl (C=O) groups excluding carboxylic acids is 1. The summed E-state index contributed by atoms with van der Waals surface area (Å²) < 4.78 is 1.14. The van der Waals surface area contributed by atoms with Crippen molar-refractivity contribution in [3.05, 3.63) is 20.8 Å². The molecule has 0 spiro atoms. The van der Waals surface area contributed by atoms with Crippen molar-refractivity contribution in [2.24, 2.45) is 0 Å². The second kappa shape index (κ2) is 7.81. The van der Waals surface area contributed by atoms with Crippen molar-refractivity contribution in [2.45, 2.75) is 19.3 Å². The van der Waals surface area contributed by atoms with Crippen LogP contribution in [0.4, 0.5) is 0 Å². The summed E-state index contributed by atoms with van der Waals surface area (Å²) >= 11 is 5.14. The van der Waals surface area contributed by atoms with E-state index in [2.05, 4.69) is 32.6 Å². The van der Waals surface area contributed by atoms with Gasteiger partial charge in [-0.2, -0.15) is 0 Å². The zero-order valence-corrected chi connectivity index (χ0v) is 11.8. The maximum atomic E-state index is 11.4. The number of rotatable bonds is 7. The topological polar surface area (TPSA) is 41.1 Å². The van der Waals surface area contributed by atoms with Crippen molar-refractivity contribution in [3.63, 3.8) is 0 Å². The zero-order chi connectivity index (χ0) is 11.8. The molecule has 90 valence electrons. The van der Waals surface area contributed by atoms with E-state index in [9.17, 15) is 4.79 Å². The summed E-state index contributed by atoms with van der Waals surface area (Å²) in [5.74, 6) is 0.144. The predicted octanol–water partition coefficient (Wildman–Crippen LogP) is 2.17. The van der Waals surface area contributed by atoms with E-state index in [0.717, 1.165) is 29.7 Å². The minimum Gasteiger partial charge on any atom is -0.356 e. The molecular formula is C11H17BrN2OS. The van der Waals surface area contributed by atoms with Crippen LogP contribution in [-0.4, -0.2) is 26.0 Å². The molecular weight excluding hydrogens is 288 g/mol. The van der Waals surface area contributed by atoms with E-state index in [1.165, 1.54) is 4.88 Å². The number of nitrogens with one attached hydrogen (secondary N) is 2. The molecule has 3 nitrogen and oxygen atoms in total. The molecule has 0 saturated heterocycles. The van der Waals surface area contributed by atoms with Gasteiger partial charge in [-0.3, -0.25) is 4.79 Å². The van der Waals surface area contributed by atoms with Gasteiger partial charge in [0.2, 0.25) is 5.91 Å². The van der Waals surface area contributed by atoms with Crippen LogP contribution in [0, 0.1) is 0 Å². The Morgan fingerprint density at radius 3 is 2.88 bits per heavy atom. The highest BCUT2D eigenvalue weighted by Gasteiger charge is 2.01. The number of thiophene rings is 1. The van der Waals surface area contributed by atoms with Crippen LogP contribution in [0.2, 0.25) is 0 Å². The predicted molar refractivity (Wildman–Crippen MR) is 71.9 cm³/mol. The maximum absolute atomic E-state index is 11.4. The average Bonchev–Trinajstić information content (AvgIpc) is 2.65. The van der Waals surface area contributed by atoms with Crippen LogP contribution in [0.15, 0.2) is 15.9 Å². The number of hydrogen-bond donors (Lipinski definition) is 2. The Labute approximate surface area is 109 Å². The normalized spacial score (nSPS) is 10.4. The first-order chi connectivity index (χ1) is 7.72. The summed E-state index contributed by atoms with van der Waals surface area (Å²) in [6.45, 7) is 1.62. The molecule has 0 saturated carbocycles. The van der Waals surface area contributed by atoms with Gasteiger partial charge >= 0.3 is 0 Å². The van der Waals surface area contributed by atoms with Crippen molar-refractivity contribution in [3.8, 4) is 0 Å². The Bertz CT molecular complexity index is 328. The minimum absolute atomic E-state index is 0.144. The monoisotopic (exact) mass is 304 g/mol. The highest BCUT2D eigenvalue weighted by atomic mass is 79.9. The third-order valence-corrected chi connectivity index (χ3v) is 3.84. The lowest BCUT2D eigenvalue weighted by atomic mass is 10.3. The van der Waals surface area contributed by atoms with Gasteiger partial charge in [-0.1, -0.05) is 0 Å². The lowest BCUT2D eigenvalue weighted by molar-refractivity contribution is -0.121. The Kier molecular flexibility index (Phi) is 6.68. The fourth-order valence-corrected chi connectivity index (χ4v) is 2.81. The van der Waals surface area contributed by atoms with E-state index in [-0.39, 0.29) is 5.91 Å². The second-order valence-corrected chi connectivity index (χ2v) is 6.06. The first-order valence-electron chi connectivity index (χ1n) is 5.38. The van der Waals surface area contributed by atoms with E-state index in [4.69, 9.17) is 0 Å². The Balaban J connectivity index is 2.08. The standard InChI is InChI=1S/C11H17BrN2OS/c1-13-7-2-3-11(15)14-8-6-9-4-5-10(12)16-9/h4-5,13H,2-3,6-8H2,1H3,(H,14,15).